The van der Waals surface area contributed by atoms with Gasteiger partial charge in [-0.15, -0.1) is 0 Å². The standard InChI is InChI=1S/C21H17ClO3/c22-19-13-11-16(12-14-19)15-21(25-24,18-9-5-2-6-10-18)20(23)17-7-3-1-4-8-17/h1-14,24H,15H2. The second-order valence-corrected chi connectivity index (χ2v) is 6.22. The van der Waals surface area contributed by atoms with Gasteiger partial charge in [-0.05, 0) is 23.3 Å². The Hall–Kier alpha value is -2.46. The van der Waals surface area contributed by atoms with Crippen molar-refractivity contribution in [3.8, 4) is 0 Å². The Morgan fingerprint density at radius 1 is 0.880 bits per heavy atom. The van der Waals surface area contributed by atoms with Crippen LogP contribution >= 0.6 is 11.6 Å². The van der Waals surface area contributed by atoms with E-state index < -0.39 is 5.60 Å². The maximum Gasteiger partial charge on any atom is 0.202 e. The molecule has 0 aliphatic carbocycles. The number of Topliss-reactive ketones (excluding diaryl/α,β-unsaturated/α-hetero) is 1. The molecule has 0 aliphatic rings. The van der Waals surface area contributed by atoms with E-state index >= 15 is 0 Å². The average Bonchev–Trinajstić information content (AvgIpc) is 2.68. The third-order valence-electron chi connectivity index (χ3n) is 4.17. The first-order chi connectivity index (χ1) is 12.2. The third kappa shape index (κ3) is 3.64. The zero-order valence-electron chi connectivity index (χ0n) is 13.4. The molecular weight excluding hydrogens is 336 g/mol. The van der Waals surface area contributed by atoms with Gasteiger partial charge >= 0.3 is 0 Å². The fourth-order valence-corrected chi connectivity index (χ4v) is 2.99. The number of carbonyl (C=O) groups is 1. The number of halogens is 1. The molecule has 3 nitrogen and oxygen atoms in total. The lowest BCUT2D eigenvalue weighted by atomic mass is 9.81. The summed E-state index contributed by atoms with van der Waals surface area (Å²) in [4.78, 5) is 18.2. The topological polar surface area (TPSA) is 46.5 Å². The van der Waals surface area contributed by atoms with E-state index in [2.05, 4.69) is 0 Å². The highest BCUT2D eigenvalue weighted by molar-refractivity contribution is 6.30. The summed E-state index contributed by atoms with van der Waals surface area (Å²) in [5.74, 6) is -0.309. The lowest BCUT2D eigenvalue weighted by molar-refractivity contribution is -0.309. The Morgan fingerprint density at radius 3 is 2.00 bits per heavy atom. The second-order valence-electron chi connectivity index (χ2n) is 5.78. The molecule has 0 radical (unpaired) electrons. The first kappa shape index (κ1) is 17.4. The van der Waals surface area contributed by atoms with Gasteiger partial charge in [0.2, 0.25) is 5.78 Å². The molecule has 1 unspecified atom stereocenters. The molecule has 0 saturated heterocycles. The molecule has 1 atom stereocenters. The van der Waals surface area contributed by atoms with Crippen molar-refractivity contribution in [2.24, 2.45) is 0 Å². The molecule has 0 aliphatic heterocycles. The van der Waals surface area contributed by atoms with Crippen LogP contribution in [0.25, 0.3) is 0 Å². The predicted octanol–water partition coefficient (Wildman–Crippen LogP) is 5.15. The molecule has 3 aromatic carbocycles. The van der Waals surface area contributed by atoms with Gasteiger partial charge in [-0.3, -0.25) is 10.1 Å². The highest BCUT2D eigenvalue weighted by atomic mass is 35.5. The second kappa shape index (κ2) is 7.62. The number of hydrogen-bond acceptors (Lipinski definition) is 3. The van der Waals surface area contributed by atoms with Crippen molar-refractivity contribution in [3.63, 3.8) is 0 Å². The van der Waals surface area contributed by atoms with Gasteiger partial charge in [-0.25, -0.2) is 4.89 Å². The van der Waals surface area contributed by atoms with Gasteiger partial charge in [0.25, 0.3) is 0 Å². The predicted molar refractivity (Wildman–Crippen MR) is 97.8 cm³/mol. The van der Waals surface area contributed by atoms with Crippen molar-refractivity contribution in [2.45, 2.75) is 12.0 Å². The van der Waals surface area contributed by atoms with Crippen LogP contribution in [0.5, 0.6) is 0 Å². The summed E-state index contributed by atoms with van der Waals surface area (Å²) in [5, 5.41) is 10.4. The zero-order valence-corrected chi connectivity index (χ0v) is 14.2. The minimum absolute atomic E-state index is 0.179. The molecule has 0 spiro atoms. The molecular formula is C21H17ClO3. The van der Waals surface area contributed by atoms with Crippen LogP contribution < -0.4 is 0 Å². The first-order valence-electron chi connectivity index (χ1n) is 7.88. The van der Waals surface area contributed by atoms with Crippen LogP contribution in [0.15, 0.2) is 84.9 Å². The maximum absolute atomic E-state index is 13.3. The van der Waals surface area contributed by atoms with Crippen LogP contribution in [0.3, 0.4) is 0 Å². The summed E-state index contributed by atoms with van der Waals surface area (Å²) in [6.45, 7) is 0. The summed E-state index contributed by atoms with van der Waals surface area (Å²) in [5.41, 5.74) is 0.346. The third-order valence-corrected chi connectivity index (χ3v) is 4.42. The molecule has 1 N–H and O–H groups in total. The Kier molecular flexibility index (Phi) is 5.29. The van der Waals surface area contributed by atoms with Crippen molar-refractivity contribution in [1.29, 1.82) is 0 Å². The van der Waals surface area contributed by atoms with E-state index in [0.29, 0.717) is 16.1 Å². The van der Waals surface area contributed by atoms with Gasteiger partial charge in [-0.1, -0.05) is 84.4 Å². The summed E-state index contributed by atoms with van der Waals surface area (Å²) < 4.78 is 0. The number of benzene rings is 3. The minimum atomic E-state index is -1.53. The van der Waals surface area contributed by atoms with E-state index in [4.69, 9.17) is 16.5 Å². The van der Waals surface area contributed by atoms with Gasteiger partial charge in [0.15, 0.2) is 5.60 Å². The van der Waals surface area contributed by atoms with Crippen molar-refractivity contribution in [2.75, 3.05) is 0 Å². The van der Waals surface area contributed by atoms with Crippen LogP contribution in [0.1, 0.15) is 21.5 Å². The van der Waals surface area contributed by atoms with Crippen LogP contribution in [-0.2, 0) is 16.9 Å². The Morgan fingerprint density at radius 2 is 1.44 bits per heavy atom. The average molecular weight is 353 g/mol. The molecule has 4 heteroatoms. The SMILES string of the molecule is O=C(c1ccccc1)C(Cc1ccc(Cl)cc1)(OO)c1ccccc1. The Labute approximate surface area is 151 Å². The van der Waals surface area contributed by atoms with Gasteiger partial charge in [0, 0.05) is 17.0 Å². The highest BCUT2D eigenvalue weighted by Crippen LogP contribution is 2.33. The molecule has 126 valence electrons. The molecule has 0 fully saturated rings. The normalized spacial score (nSPS) is 13.2. The largest absolute Gasteiger partial charge is 0.290 e. The van der Waals surface area contributed by atoms with Crippen molar-refractivity contribution in [1.82, 2.24) is 0 Å². The fourth-order valence-electron chi connectivity index (χ4n) is 2.86. The van der Waals surface area contributed by atoms with Crippen molar-refractivity contribution >= 4 is 17.4 Å². The van der Waals surface area contributed by atoms with Gasteiger partial charge in [0.1, 0.15) is 0 Å². The highest BCUT2D eigenvalue weighted by Gasteiger charge is 2.43. The fraction of sp³-hybridized carbons (Fsp3) is 0.0952. The molecule has 0 saturated carbocycles. The smallest absolute Gasteiger partial charge is 0.202 e. The summed E-state index contributed by atoms with van der Waals surface area (Å²) in [6.07, 6.45) is 0.179. The van der Waals surface area contributed by atoms with Crippen LogP contribution in [-0.4, -0.2) is 11.0 Å². The number of carbonyl (C=O) groups excluding carboxylic acids is 1. The van der Waals surface area contributed by atoms with E-state index in [9.17, 15) is 10.1 Å². The van der Waals surface area contributed by atoms with Gasteiger partial charge in [0.05, 0.1) is 0 Å². The van der Waals surface area contributed by atoms with Crippen LogP contribution in [0.2, 0.25) is 5.02 Å². The lowest BCUT2D eigenvalue weighted by Gasteiger charge is -2.29. The number of rotatable bonds is 6. The molecule has 25 heavy (non-hydrogen) atoms. The van der Waals surface area contributed by atoms with E-state index in [1.54, 1.807) is 48.5 Å². The molecule has 0 bridgehead atoms. The van der Waals surface area contributed by atoms with Crippen molar-refractivity contribution in [3.05, 3.63) is 107 Å². The van der Waals surface area contributed by atoms with E-state index in [1.807, 2.05) is 36.4 Å². The summed E-state index contributed by atoms with van der Waals surface area (Å²) >= 11 is 5.94. The molecule has 0 amide bonds. The molecule has 3 aromatic rings. The van der Waals surface area contributed by atoms with Crippen molar-refractivity contribution < 1.29 is 14.9 Å². The maximum atomic E-state index is 13.3. The van der Waals surface area contributed by atoms with E-state index in [-0.39, 0.29) is 12.2 Å². The van der Waals surface area contributed by atoms with Gasteiger partial charge < -0.3 is 0 Å². The molecule has 0 aromatic heterocycles. The first-order valence-corrected chi connectivity index (χ1v) is 8.26. The zero-order chi connectivity index (χ0) is 17.7. The van der Waals surface area contributed by atoms with Gasteiger partial charge in [-0.2, -0.15) is 0 Å². The minimum Gasteiger partial charge on any atom is -0.290 e. The van der Waals surface area contributed by atoms with Crippen LogP contribution in [0, 0.1) is 0 Å². The molecule has 3 rings (SSSR count). The quantitative estimate of drug-likeness (QED) is 0.379. The summed E-state index contributed by atoms with van der Waals surface area (Å²) in [6, 6.07) is 24.9. The Bertz CT molecular complexity index is 832. The molecule has 0 heterocycles. The van der Waals surface area contributed by atoms with Crippen LogP contribution in [0.4, 0.5) is 0 Å². The lowest BCUT2D eigenvalue weighted by Crippen LogP contribution is -2.40. The summed E-state index contributed by atoms with van der Waals surface area (Å²) in [7, 11) is 0. The Balaban J connectivity index is 2.10. The monoisotopic (exact) mass is 352 g/mol. The number of hydrogen-bond donors (Lipinski definition) is 1. The van der Waals surface area contributed by atoms with E-state index in [0.717, 1.165) is 5.56 Å². The van der Waals surface area contributed by atoms with E-state index in [1.165, 1.54) is 0 Å². The number of ketones is 1.